The van der Waals surface area contributed by atoms with Gasteiger partial charge in [0, 0.05) is 0 Å². The standard InChI is InChI=1S/C10H22O3Si/c1-9(2,3)14(4,5)13-8-10(6-11)7-12-10/h11H,6-8H2,1-5H3/t10-/m1/s1. The van der Waals surface area contributed by atoms with Gasteiger partial charge in [0.2, 0.25) is 0 Å². The minimum absolute atomic E-state index is 0.0711. The molecular formula is C10H22O3Si. The first-order valence-electron chi connectivity index (χ1n) is 5.11. The highest BCUT2D eigenvalue weighted by molar-refractivity contribution is 6.74. The smallest absolute Gasteiger partial charge is 0.192 e. The van der Waals surface area contributed by atoms with Gasteiger partial charge in [-0.25, -0.2) is 0 Å². The van der Waals surface area contributed by atoms with Gasteiger partial charge in [-0.05, 0) is 18.1 Å². The minimum Gasteiger partial charge on any atom is -0.414 e. The van der Waals surface area contributed by atoms with Gasteiger partial charge in [-0.2, -0.15) is 0 Å². The summed E-state index contributed by atoms with van der Waals surface area (Å²) in [5, 5.41) is 9.29. The van der Waals surface area contributed by atoms with Gasteiger partial charge in [-0.1, -0.05) is 20.8 Å². The molecule has 1 aliphatic heterocycles. The van der Waals surface area contributed by atoms with E-state index >= 15 is 0 Å². The van der Waals surface area contributed by atoms with E-state index in [1.807, 2.05) is 0 Å². The molecule has 1 N–H and O–H groups in total. The van der Waals surface area contributed by atoms with Crippen LogP contribution in [-0.2, 0) is 9.16 Å². The number of rotatable bonds is 4. The molecule has 14 heavy (non-hydrogen) atoms. The molecule has 3 nitrogen and oxygen atoms in total. The summed E-state index contributed by atoms with van der Waals surface area (Å²) < 4.78 is 11.2. The Kier molecular flexibility index (Phi) is 3.12. The second kappa shape index (κ2) is 3.59. The summed E-state index contributed by atoms with van der Waals surface area (Å²) in [7, 11) is -1.68. The summed E-state index contributed by atoms with van der Waals surface area (Å²) in [6.45, 7) is 12.3. The Balaban J connectivity index is 2.44. The zero-order valence-electron chi connectivity index (χ0n) is 9.89. The molecule has 0 aromatic heterocycles. The lowest BCUT2D eigenvalue weighted by Gasteiger charge is -2.36. The fraction of sp³-hybridized carbons (Fsp3) is 1.00. The van der Waals surface area contributed by atoms with Gasteiger partial charge in [0.25, 0.3) is 0 Å². The first-order valence-corrected chi connectivity index (χ1v) is 8.02. The molecule has 84 valence electrons. The Morgan fingerprint density at radius 1 is 1.43 bits per heavy atom. The molecule has 0 amide bonds. The number of hydrogen-bond acceptors (Lipinski definition) is 3. The predicted molar refractivity (Wildman–Crippen MR) is 58.9 cm³/mol. The van der Waals surface area contributed by atoms with Crippen molar-refractivity contribution < 1.29 is 14.3 Å². The van der Waals surface area contributed by atoms with Crippen LogP contribution in [-0.4, -0.2) is 38.8 Å². The van der Waals surface area contributed by atoms with Crippen LogP contribution in [0.4, 0.5) is 0 Å². The molecule has 0 bridgehead atoms. The molecule has 0 aromatic carbocycles. The minimum atomic E-state index is -1.68. The van der Waals surface area contributed by atoms with E-state index in [9.17, 15) is 0 Å². The third-order valence-electron chi connectivity index (χ3n) is 3.34. The lowest BCUT2D eigenvalue weighted by atomic mass is 10.2. The Morgan fingerprint density at radius 3 is 2.21 bits per heavy atom. The maximum atomic E-state index is 9.07. The number of epoxide rings is 1. The molecule has 0 aliphatic carbocycles. The zero-order chi connectivity index (χ0) is 11.0. The van der Waals surface area contributed by atoms with Gasteiger partial charge in [-0.15, -0.1) is 0 Å². The third kappa shape index (κ3) is 2.57. The fourth-order valence-corrected chi connectivity index (χ4v) is 1.91. The third-order valence-corrected chi connectivity index (χ3v) is 7.82. The number of aliphatic hydroxyl groups excluding tert-OH is 1. The molecule has 1 aliphatic rings. The van der Waals surface area contributed by atoms with Crippen molar-refractivity contribution in [1.29, 1.82) is 0 Å². The van der Waals surface area contributed by atoms with Crippen molar-refractivity contribution in [2.24, 2.45) is 0 Å². The van der Waals surface area contributed by atoms with Crippen LogP contribution in [0.15, 0.2) is 0 Å². The molecular weight excluding hydrogens is 196 g/mol. The summed E-state index contributed by atoms with van der Waals surface area (Å²) in [6, 6.07) is 0. The Bertz CT molecular complexity index is 204. The molecule has 0 saturated carbocycles. The topological polar surface area (TPSA) is 42.0 Å². The summed E-state index contributed by atoms with van der Waals surface area (Å²) >= 11 is 0. The number of aliphatic hydroxyl groups is 1. The highest BCUT2D eigenvalue weighted by Gasteiger charge is 2.47. The van der Waals surface area contributed by atoms with Gasteiger partial charge >= 0.3 is 0 Å². The van der Waals surface area contributed by atoms with Gasteiger partial charge in [-0.3, -0.25) is 0 Å². The number of hydrogen-bond donors (Lipinski definition) is 1. The van der Waals surface area contributed by atoms with Crippen LogP contribution >= 0.6 is 0 Å². The van der Waals surface area contributed by atoms with Crippen LogP contribution in [0.3, 0.4) is 0 Å². The second-order valence-corrected chi connectivity index (χ2v) is 10.5. The molecule has 1 heterocycles. The molecule has 0 unspecified atom stereocenters. The van der Waals surface area contributed by atoms with Crippen molar-refractivity contribution in [3.63, 3.8) is 0 Å². The van der Waals surface area contributed by atoms with E-state index in [2.05, 4.69) is 33.9 Å². The number of ether oxygens (including phenoxy) is 1. The average molecular weight is 218 g/mol. The van der Waals surface area contributed by atoms with E-state index in [0.717, 1.165) is 0 Å². The largest absolute Gasteiger partial charge is 0.414 e. The first kappa shape index (κ1) is 12.2. The lowest BCUT2D eigenvalue weighted by molar-refractivity contribution is 0.112. The van der Waals surface area contributed by atoms with E-state index < -0.39 is 8.32 Å². The Morgan fingerprint density at radius 2 is 1.93 bits per heavy atom. The summed E-state index contributed by atoms with van der Waals surface area (Å²) in [5.74, 6) is 0. The fourth-order valence-electron chi connectivity index (χ4n) is 0.851. The van der Waals surface area contributed by atoms with Crippen LogP contribution in [0.1, 0.15) is 20.8 Å². The monoisotopic (exact) mass is 218 g/mol. The molecule has 1 fully saturated rings. The molecule has 4 heteroatoms. The first-order chi connectivity index (χ1) is 6.22. The van der Waals surface area contributed by atoms with Crippen LogP contribution in [0, 0.1) is 0 Å². The molecule has 1 rings (SSSR count). The average Bonchev–Trinajstić information content (AvgIpc) is 2.80. The van der Waals surface area contributed by atoms with Crippen molar-refractivity contribution in [2.45, 2.75) is 44.5 Å². The Hall–Kier alpha value is 0.0969. The van der Waals surface area contributed by atoms with Crippen molar-refractivity contribution in [3.8, 4) is 0 Å². The molecule has 0 spiro atoms. The maximum Gasteiger partial charge on any atom is 0.192 e. The van der Waals surface area contributed by atoms with Crippen LogP contribution in [0.2, 0.25) is 18.1 Å². The van der Waals surface area contributed by atoms with E-state index in [4.69, 9.17) is 14.3 Å². The van der Waals surface area contributed by atoms with E-state index in [0.29, 0.717) is 13.2 Å². The van der Waals surface area contributed by atoms with Gasteiger partial charge in [0.05, 0.1) is 19.8 Å². The van der Waals surface area contributed by atoms with Gasteiger partial charge < -0.3 is 14.3 Å². The predicted octanol–water partition coefficient (Wildman–Crippen LogP) is 1.77. The zero-order valence-corrected chi connectivity index (χ0v) is 10.9. The molecule has 1 saturated heterocycles. The molecule has 0 radical (unpaired) electrons. The van der Waals surface area contributed by atoms with E-state index in [1.54, 1.807) is 0 Å². The highest BCUT2D eigenvalue weighted by Crippen LogP contribution is 2.38. The SMILES string of the molecule is CC(C)(C)[Si](C)(C)OC[C@@]1(CO)CO1. The van der Waals surface area contributed by atoms with Crippen LogP contribution in [0.25, 0.3) is 0 Å². The lowest BCUT2D eigenvalue weighted by Crippen LogP contribution is -2.43. The second-order valence-electron chi connectivity index (χ2n) is 5.68. The summed E-state index contributed by atoms with van der Waals surface area (Å²) in [6.07, 6.45) is 0. The normalized spacial score (nSPS) is 27.9. The van der Waals surface area contributed by atoms with E-state index in [-0.39, 0.29) is 17.2 Å². The summed E-state index contributed by atoms with van der Waals surface area (Å²) in [5.41, 5.74) is -0.366. The van der Waals surface area contributed by atoms with Gasteiger partial charge in [0.15, 0.2) is 8.32 Å². The molecule has 1 atom stereocenters. The van der Waals surface area contributed by atoms with Crippen molar-refractivity contribution in [3.05, 3.63) is 0 Å². The quantitative estimate of drug-likeness (QED) is 0.577. The molecule has 0 aromatic rings. The summed E-state index contributed by atoms with van der Waals surface area (Å²) in [4.78, 5) is 0. The maximum absolute atomic E-state index is 9.07. The van der Waals surface area contributed by atoms with Crippen molar-refractivity contribution in [1.82, 2.24) is 0 Å². The van der Waals surface area contributed by atoms with Crippen molar-refractivity contribution in [2.75, 3.05) is 19.8 Å². The highest BCUT2D eigenvalue weighted by atomic mass is 28.4. The van der Waals surface area contributed by atoms with Gasteiger partial charge in [0.1, 0.15) is 5.60 Å². The van der Waals surface area contributed by atoms with Crippen molar-refractivity contribution >= 4 is 8.32 Å². The van der Waals surface area contributed by atoms with E-state index in [1.165, 1.54) is 0 Å². The Labute approximate surface area is 87.5 Å². The van der Waals surface area contributed by atoms with Crippen LogP contribution in [0.5, 0.6) is 0 Å². The van der Waals surface area contributed by atoms with Crippen LogP contribution < -0.4 is 0 Å².